The van der Waals surface area contributed by atoms with Crippen molar-refractivity contribution in [1.29, 1.82) is 0 Å². The van der Waals surface area contributed by atoms with Gasteiger partial charge in [-0.1, -0.05) is 29.5 Å². The third kappa shape index (κ3) is 3.37. The zero-order valence-corrected chi connectivity index (χ0v) is 14.4. The summed E-state index contributed by atoms with van der Waals surface area (Å²) in [7, 11) is 1.69. The Morgan fingerprint density at radius 1 is 1.00 bits per heavy atom. The van der Waals surface area contributed by atoms with Gasteiger partial charge in [0.1, 0.15) is 17.1 Å². The minimum atomic E-state index is 0.365. The molecule has 0 aliphatic rings. The van der Waals surface area contributed by atoms with Gasteiger partial charge in [0.2, 0.25) is 0 Å². The molecule has 118 valence electrons. The van der Waals surface area contributed by atoms with Gasteiger partial charge < -0.3 is 4.74 Å². The largest absolute Gasteiger partial charge is 0.497 e. The van der Waals surface area contributed by atoms with Crippen LogP contribution >= 0.6 is 11.3 Å². The van der Waals surface area contributed by atoms with Gasteiger partial charge >= 0.3 is 5.13 Å². The fourth-order valence-electron chi connectivity index (χ4n) is 2.55. The van der Waals surface area contributed by atoms with E-state index in [-0.39, 0.29) is 0 Å². The number of nitrogens with zero attached hydrogens (tertiary/aromatic N) is 1. The molecule has 4 heteroatoms. The quantitative estimate of drug-likeness (QED) is 0.665. The molecule has 0 amide bonds. The molecule has 0 bridgehead atoms. The summed E-state index contributed by atoms with van der Waals surface area (Å²) in [5.74, 6) is 0.878. The summed E-state index contributed by atoms with van der Waals surface area (Å²) < 4.78 is 7.58. The fraction of sp³-hybridized carbons (Fsp3) is 0.211. The molecule has 0 unspecified atom stereocenters. The van der Waals surface area contributed by atoms with Crippen LogP contribution in [0.2, 0.25) is 0 Å². The Labute approximate surface area is 141 Å². The van der Waals surface area contributed by atoms with Crippen LogP contribution in [0.4, 0.5) is 10.8 Å². The average Bonchev–Trinajstić information content (AvgIpc) is 2.99. The van der Waals surface area contributed by atoms with Crippen molar-refractivity contribution >= 4 is 22.2 Å². The zero-order valence-electron chi connectivity index (χ0n) is 13.6. The van der Waals surface area contributed by atoms with Crippen LogP contribution < -0.4 is 14.6 Å². The lowest BCUT2D eigenvalue weighted by atomic mass is 10.1. The topological polar surface area (TPSA) is 25.1 Å². The summed E-state index contributed by atoms with van der Waals surface area (Å²) >= 11 is 1.72. The molecule has 1 N–H and O–H groups in total. The van der Waals surface area contributed by atoms with Crippen LogP contribution in [0.1, 0.15) is 19.9 Å². The van der Waals surface area contributed by atoms with Crippen molar-refractivity contribution in [2.45, 2.75) is 19.9 Å². The van der Waals surface area contributed by atoms with Gasteiger partial charge in [0.15, 0.2) is 0 Å². The first-order valence-electron chi connectivity index (χ1n) is 7.68. The molecule has 3 aromatic rings. The number of ether oxygens (including phenoxy) is 1. The molecule has 3 rings (SSSR count). The number of hydrogen-bond acceptors (Lipinski definition) is 3. The van der Waals surface area contributed by atoms with Gasteiger partial charge in [0, 0.05) is 10.9 Å². The van der Waals surface area contributed by atoms with E-state index in [0.29, 0.717) is 6.04 Å². The smallest absolute Gasteiger partial charge is 0.339 e. The highest BCUT2D eigenvalue weighted by Gasteiger charge is 2.22. The number of hydrogen-bond donors (Lipinski definition) is 1. The number of thiazole rings is 1. The number of benzene rings is 2. The fourth-order valence-corrected chi connectivity index (χ4v) is 3.62. The van der Waals surface area contributed by atoms with E-state index in [2.05, 4.69) is 53.4 Å². The van der Waals surface area contributed by atoms with Crippen LogP contribution in [0, 0.1) is 0 Å². The van der Waals surface area contributed by atoms with E-state index in [1.165, 1.54) is 11.3 Å². The van der Waals surface area contributed by atoms with E-state index in [1.807, 2.05) is 30.3 Å². The Morgan fingerprint density at radius 2 is 1.70 bits per heavy atom. The first kappa shape index (κ1) is 15.6. The highest BCUT2D eigenvalue weighted by atomic mass is 32.1. The summed E-state index contributed by atoms with van der Waals surface area (Å²) in [6.45, 7) is 4.41. The van der Waals surface area contributed by atoms with Crippen molar-refractivity contribution in [3.63, 3.8) is 0 Å². The second kappa shape index (κ2) is 6.84. The molecule has 1 aromatic heterocycles. The van der Waals surface area contributed by atoms with Gasteiger partial charge in [-0.05, 0) is 50.2 Å². The second-order valence-corrected chi connectivity index (χ2v) is 6.47. The maximum atomic E-state index is 5.25. The van der Waals surface area contributed by atoms with Crippen LogP contribution in [-0.4, -0.2) is 7.11 Å². The predicted molar refractivity (Wildman–Crippen MR) is 96.6 cm³/mol. The Bertz CT molecular complexity index is 764. The number of nitrogens with one attached hydrogen (secondary N) is 1. The summed E-state index contributed by atoms with van der Waals surface area (Å²) in [5, 5.41) is 6.86. The Balaban J connectivity index is 1.98. The molecule has 2 aromatic carbocycles. The van der Waals surface area contributed by atoms with Crippen molar-refractivity contribution in [3.8, 4) is 17.0 Å². The Hall–Kier alpha value is -2.33. The molecular formula is C19H21N2OS+. The summed E-state index contributed by atoms with van der Waals surface area (Å²) in [6, 6.07) is 18.8. The Kier molecular flexibility index (Phi) is 4.63. The number of anilines is 2. The van der Waals surface area contributed by atoms with E-state index in [4.69, 9.17) is 4.74 Å². The van der Waals surface area contributed by atoms with E-state index < -0.39 is 0 Å². The van der Waals surface area contributed by atoms with Crippen molar-refractivity contribution in [2.24, 2.45) is 0 Å². The Morgan fingerprint density at radius 3 is 2.30 bits per heavy atom. The molecule has 1 heterocycles. The summed E-state index contributed by atoms with van der Waals surface area (Å²) in [5.41, 5.74) is 3.51. The highest BCUT2D eigenvalue weighted by Crippen LogP contribution is 2.28. The minimum absolute atomic E-state index is 0.365. The first-order chi connectivity index (χ1) is 11.2. The van der Waals surface area contributed by atoms with Crippen molar-refractivity contribution in [1.82, 2.24) is 0 Å². The maximum absolute atomic E-state index is 5.25. The number of methoxy groups -OCH3 is 1. The van der Waals surface area contributed by atoms with Gasteiger partial charge in [-0.15, -0.1) is 0 Å². The molecule has 3 nitrogen and oxygen atoms in total. The number of rotatable bonds is 5. The van der Waals surface area contributed by atoms with Gasteiger partial charge in [0.05, 0.1) is 13.2 Å². The molecule has 0 saturated heterocycles. The molecule has 0 spiro atoms. The molecule has 0 atom stereocenters. The van der Waals surface area contributed by atoms with Crippen LogP contribution in [-0.2, 0) is 0 Å². The molecular weight excluding hydrogens is 304 g/mol. The van der Waals surface area contributed by atoms with Gasteiger partial charge in [-0.25, -0.2) is 9.88 Å². The molecule has 0 fully saturated rings. The molecule has 0 radical (unpaired) electrons. The van der Waals surface area contributed by atoms with Crippen LogP contribution in [0.25, 0.3) is 11.3 Å². The monoisotopic (exact) mass is 325 g/mol. The second-order valence-electron chi connectivity index (χ2n) is 5.61. The van der Waals surface area contributed by atoms with Gasteiger partial charge in [0.25, 0.3) is 0 Å². The van der Waals surface area contributed by atoms with E-state index in [9.17, 15) is 0 Å². The van der Waals surface area contributed by atoms with Gasteiger partial charge in [-0.2, -0.15) is 0 Å². The van der Waals surface area contributed by atoms with E-state index in [1.54, 1.807) is 18.4 Å². The standard InChI is InChI=1S/C19H20N2OS/c1-14(2)21-18(15-9-11-17(22-3)12-10-15)13-23-19(21)20-16-7-5-4-6-8-16/h4-14H,1-3H3/p+1. The third-order valence-electron chi connectivity index (χ3n) is 3.69. The van der Waals surface area contributed by atoms with Crippen molar-refractivity contribution < 1.29 is 9.30 Å². The van der Waals surface area contributed by atoms with Crippen LogP contribution in [0.3, 0.4) is 0 Å². The number of para-hydroxylation sites is 1. The molecule has 0 saturated carbocycles. The van der Waals surface area contributed by atoms with Crippen LogP contribution in [0.5, 0.6) is 5.75 Å². The zero-order chi connectivity index (χ0) is 16.2. The third-order valence-corrected chi connectivity index (χ3v) is 4.55. The molecule has 0 aliphatic carbocycles. The molecule has 23 heavy (non-hydrogen) atoms. The predicted octanol–water partition coefficient (Wildman–Crippen LogP) is 5.04. The highest BCUT2D eigenvalue weighted by molar-refractivity contribution is 7.13. The molecule has 0 aliphatic heterocycles. The van der Waals surface area contributed by atoms with Gasteiger partial charge in [-0.3, -0.25) is 0 Å². The summed E-state index contributed by atoms with van der Waals surface area (Å²) in [6.07, 6.45) is 0. The number of aromatic nitrogens is 1. The van der Waals surface area contributed by atoms with Crippen molar-refractivity contribution in [3.05, 3.63) is 60.0 Å². The lowest BCUT2D eigenvalue weighted by Gasteiger charge is -2.10. The maximum Gasteiger partial charge on any atom is 0.339 e. The van der Waals surface area contributed by atoms with E-state index in [0.717, 1.165) is 16.6 Å². The normalized spacial score (nSPS) is 10.8. The van der Waals surface area contributed by atoms with Crippen LogP contribution in [0.15, 0.2) is 60.0 Å². The lowest BCUT2D eigenvalue weighted by molar-refractivity contribution is -0.688. The average molecular weight is 325 g/mol. The SMILES string of the molecule is COc1ccc(-c2csc(Nc3ccccc3)[n+]2C(C)C)cc1. The van der Waals surface area contributed by atoms with Crippen molar-refractivity contribution in [2.75, 3.05) is 12.4 Å². The van der Waals surface area contributed by atoms with E-state index >= 15 is 0 Å². The first-order valence-corrected chi connectivity index (χ1v) is 8.56. The minimum Gasteiger partial charge on any atom is -0.497 e. The summed E-state index contributed by atoms with van der Waals surface area (Å²) in [4.78, 5) is 0. The lowest BCUT2D eigenvalue weighted by Crippen LogP contribution is -2.38.